The monoisotopic (exact) mass is 474 g/mol. The lowest BCUT2D eigenvalue weighted by Gasteiger charge is -2.34. The molecule has 1 N–H and O–H groups in total. The van der Waals surface area contributed by atoms with E-state index in [1.54, 1.807) is 4.90 Å². The number of amides is 2. The van der Waals surface area contributed by atoms with Crippen LogP contribution in [0.1, 0.15) is 37.5 Å². The Balaban J connectivity index is 1.94. The van der Waals surface area contributed by atoms with Crippen LogP contribution in [0, 0.1) is 6.92 Å². The van der Waals surface area contributed by atoms with E-state index in [0.717, 1.165) is 21.6 Å². The molecule has 0 saturated heterocycles. The Morgan fingerprint density at radius 1 is 0.882 bits per heavy atom. The van der Waals surface area contributed by atoms with Crippen molar-refractivity contribution in [2.75, 3.05) is 5.75 Å². The van der Waals surface area contributed by atoms with Gasteiger partial charge in [0.2, 0.25) is 11.8 Å². The van der Waals surface area contributed by atoms with Gasteiger partial charge in [-0.1, -0.05) is 72.8 Å². The van der Waals surface area contributed by atoms with Gasteiger partial charge in [-0.05, 0) is 56.5 Å². The lowest BCUT2D eigenvalue weighted by atomic mass is 10.00. The Morgan fingerprint density at radius 2 is 1.47 bits per heavy atom. The van der Waals surface area contributed by atoms with E-state index in [2.05, 4.69) is 5.32 Å². The topological polar surface area (TPSA) is 49.4 Å². The van der Waals surface area contributed by atoms with Crippen LogP contribution in [0.3, 0.4) is 0 Å². The van der Waals surface area contributed by atoms with Gasteiger partial charge in [0.25, 0.3) is 0 Å². The number of nitrogens with zero attached hydrogens (tertiary/aromatic N) is 1. The Labute approximate surface area is 207 Å². The highest BCUT2D eigenvalue weighted by atomic mass is 32.2. The van der Waals surface area contributed by atoms with Crippen LogP contribution in [-0.4, -0.2) is 34.0 Å². The summed E-state index contributed by atoms with van der Waals surface area (Å²) in [6.07, 6.45) is 0.455. The number of benzene rings is 3. The van der Waals surface area contributed by atoms with Crippen molar-refractivity contribution >= 4 is 23.6 Å². The van der Waals surface area contributed by atoms with Gasteiger partial charge < -0.3 is 10.2 Å². The number of hydrogen-bond donors (Lipinski definition) is 1. The zero-order chi connectivity index (χ0) is 24.6. The molecule has 0 aliphatic rings. The first-order valence-corrected chi connectivity index (χ1v) is 12.6. The second-order valence-electron chi connectivity index (χ2n) is 9.49. The zero-order valence-electron chi connectivity index (χ0n) is 20.5. The summed E-state index contributed by atoms with van der Waals surface area (Å²) in [6, 6.07) is 27.2. The number of thioether (sulfide) groups is 1. The Bertz CT molecular complexity index is 1080. The largest absolute Gasteiger partial charge is 0.350 e. The molecule has 0 heterocycles. The molecule has 34 heavy (non-hydrogen) atoms. The molecule has 3 rings (SSSR count). The van der Waals surface area contributed by atoms with Gasteiger partial charge in [0, 0.05) is 23.4 Å². The molecule has 3 aromatic rings. The fourth-order valence-electron chi connectivity index (χ4n) is 3.72. The SMILES string of the molecule is Cc1ccccc1CN(C(=O)CSc1ccccc1)[C@@H](Cc1ccccc1)C(=O)NC(C)(C)C. The molecule has 3 aromatic carbocycles. The first kappa shape index (κ1) is 25.6. The van der Waals surface area contributed by atoms with Crippen molar-refractivity contribution in [3.8, 4) is 0 Å². The second kappa shape index (κ2) is 11.9. The van der Waals surface area contributed by atoms with Crippen molar-refractivity contribution in [3.63, 3.8) is 0 Å². The van der Waals surface area contributed by atoms with E-state index >= 15 is 0 Å². The van der Waals surface area contributed by atoms with E-state index < -0.39 is 11.6 Å². The predicted molar refractivity (Wildman–Crippen MR) is 141 cm³/mol. The van der Waals surface area contributed by atoms with Gasteiger partial charge in [-0.25, -0.2) is 0 Å². The van der Waals surface area contributed by atoms with E-state index in [1.807, 2.05) is 113 Å². The molecule has 0 aliphatic carbocycles. The van der Waals surface area contributed by atoms with Gasteiger partial charge in [0.1, 0.15) is 6.04 Å². The molecule has 5 heteroatoms. The van der Waals surface area contributed by atoms with Crippen LogP contribution in [0.4, 0.5) is 0 Å². The van der Waals surface area contributed by atoms with E-state index in [4.69, 9.17) is 0 Å². The lowest BCUT2D eigenvalue weighted by Crippen LogP contribution is -2.54. The fourth-order valence-corrected chi connectivity index (χ4v) is 4.53. The molecular weight excluding hydrogens is 440 g/mol. The molecule has 0 aliphatic heterocycles. The van der Waals surface area contributed by atoms with Crippen molar-refractivity contribution in [2.45, 2.75) is 57.1 Å². The van der Waals surface area contributed by atoms with Gasteiger partial charge in [0.15, 0.2) is 0 Å². The third kappa shape index (κ3) is 7.77. The quantitative estimate of drug-likeness (QED) is 0.408. The molecular formula is C29H34N2O2S. The molecule has 0 fully saturated rings. The van der Waals surface area contributed by atoms with Crippen LogP contribution < -0.4 is 5.32 Å². The summed E-state index contributed by atoms with van der Waals surface area (Å²) in [5.74, 6) is 0.0781. The Hall–Kier alpha value is -3.05. The number of rotatable bonds is 9. The van der Waals surface area contributed by atoms with Crippen molar-refractivity contribution < 1.29 is 9.59 Å². The molecule has 0 radical (unpaired) electrons. The summed E-state index contributed by atoms with van der Waals surface area (Å²) >= 11 is 1.50. The van der Waals surface area contributed by atoms with Crippen LogP contribution in [0.2, 0.25) is 0 Å². The minimum absolute atomic E-state index is 0.0536. The summed E-state index contributed by atoms with van der Waals surface area (Å²) in [4.78, 5) is 30.0. The molecule has 0 unspecified atom stereocenters. The summed E-state index contributed by atoms with van der Waals surface area (Å²) in [7, 11) is 0. The fraction of sp³-hybridized carbons (Fsp3) is 0.310. The van der Waals surface area contributed by atoms with Crippen molar-refractivity contribution in [2.24, 2.45) is 0 Å². The molecule has 1 atom stereocenters. The molecule has 0 saturated carbocycles. The number of hydrogen-bond acceptors (Lipinski definition) is 3. The van der Waals surface area contributed by atoms with Gasteiger partial charge in [-0.3, -0.25) is 9.59 Å². The van der Waals surface area contributed by atoms with Crippen LogP contribution >= 0.6 is 11.8 Å². The summed E-state index contributed by atoms with van der Waals surface area (Å²) in [6.45, 7) is 8.31. The molecule has 0 spiro atoms. The predicted octanol–water partition coefficient (Wildman–Crippen LogP) is 5.64. The first-order chi connectivity index (χ1) is 16.2. The smallest absolute Gasteiger partial charge is 0.243 e. The maximum Gasteiger partial charge on any atom is 0.243 e. The third-order valence-corrected chi connectivity index (χ3v) is 6.47. The normalized spacial score (nSPS) is 12.1. The van der Waals surface area contributed by atoms with Crippen LogP contribution in [0.25, 0.3) is 0 Å². The van der Waals surface area contributed by atoms with Gasteiger partial charge in [0.05, 0.1) is 5.75 Å². The van der Waals surface area contributed by atoms with Gasteiger partial charge in [-0.2, -0.15) is 0 Å². The maximum absolute atomic E-state index is 13.7. The highest BCUT2D eigenvalue weighted by Crippen LogP contribution is 2.22. The number of nitrogens with one attached hydrogen (secondary N) is 1. The van der Waals surface area contributed by atoms with E-state index in [0.29, 0.717) is 13.0 Å². The van der Waals surface area contributed by atoms with E-state index in [1.165, 1.54) is 11.8 Å². The van der Waals surface area contributed by atoms with Gasteiger partial charge in [-0.15, -0.1) is 11.8 Å². The zero-order valence-corrected chi connectivity index (χ0v) is 21.3. The standard InChI is InChI=1S/C29H34N2O2S/c1-22-13-11-12-16-24(22)20-31(27(32)21-34-25-17-9-6-10-18-25)26(28(33)30-29(2,3)4)19-23-14-7-5-8-15-23/h5-18,26H,19-21H2,1-4H3,(H,30,33)/t26-/m0/s1. The number of carbonyl (C=O) groups is 2. The molecule has 0 bridgehead atoms. The first-order valence-electron chi connectivity index (χ1n) is 11.6. The van der Waals surface area contributed by atoms with E-state index in [9.17, 15) is 9.59 Å². The molecule has 0 aromatic heterocycles. The van der Waals surface area contributed by atoms with E-state index in [-0.39, 0.29) is 17.6 Å². The Morgan fingerprint density at radius 3 is 2.09 bits per heavy atom. The lowest BCUT2D eigenvalue weighted by molar-refractivity contribution is -0.140. The summed E-state index contributed by atoms with van der Waals surface area (Å²) in [5.41, 5.74) is 2.77. The molecule has 178 valence electrons. The molecule has 2 amide bonds. The van der Waals surface area contributed by atoms with Crippen LogP contribution in [0.15, 0.2) is 89.8 Å². The van der Waals surface area contributed by atoms with Crippen molar-refractivity contribution in [1.82, 2.24) is 10.2 Å². The second-order valence-corrected chi connectivity index (χ2v) is 10.5. The minimum Gasteiger partial charge on any atom is -0.350 e. The van der Waals surface area contributed by atoms with Crippen molar-refractivity contribution in [1.29, 1.82) is 0 Å². The third-order valence-electron chi connectivity index (χ3n) is 5.48. The Kier molecular flexibility index (Phi) is 8.94. The average Bonchev–Trinajstić information content (AvgIpc) is 2.81. The summed E-state index contributed by atoms with van der Waals surface area (Å²) in [5, 5.41) is 3.11. The number of aryl methyl sites for hydroxylation is 1. The maximum atomic E-state index is 13.7. The minimum atomic E-state index is -0.620. The summed E-state index contributed by atoms with van der Waals surface area (Å²) < 4.78 is 0. The van der Waals surface area contributed by atoms with Gasteiger partial charge >= 0.3 is 0 Å². The van der Waals surface area contributed by atoms with Crippen molar-refractivity contribution in [3.05, 3.63) is 102 Å². The van der Waals surface area contributed by atoms with Crippen LogP contribution in [-0.2, 0) is 22.6 Å². The van der Waals surface area contributed by atoms with Crippen LogP contribution in [0.5, 0.6) is 0 Å². The average molecular weight is 475 g/mol. The highest BCUT2D eigenvalue weighted by Gasteiger charge is 2.32. The highest BCUT2D eigenvalue weighted by molar-refractivity contribution is 8.00. The molecule has 4 nitrogen and oxygen atoms in total. The number of carbonyl (C=O) groups excluding carboxylic acids is 2.